The first kappa shape index (κ1) is 17.2. The maximum Gasteiger partial charge on any atom is 0.253 e. The lowest BCUT2D eigenvalue weighted by Crippen LogP contribution is -2.38. The molecule has 1 amide bonds. The van der Waals surface area contributed by atoms with Gasteiger partial charge in [-0.1, -0.05) is 0 Å². The van der Waals surface area contributed by atoms with Crippen LogP contribution in [0.15, 0.2) is 23.7 Å². The zero-order chi connectivity index (χ0) is 12.5. The molecule has 20 heavy (non-hydrogen) atoms. The lowest BCUT2D eigenvalue weighted by atomic mass is 10.1. The molecule has 1 N–H and O–H groups in total. The second-order valence-corrected chi connectivity index (χ2v) is 5.48. The smallest absolute Gasteiger partial charge is 0.253 e. The van der Waals surface area contributed by atoms with E-state index in [2.05, 4.69) is 10.3 Å². The van der Waals surface area contributed by atoms with E-state index in [4.69, 9.17) is 0 Å². The molecule has 1 aliphatic rings. The zero-order valence-electron chi connectivity index (χ0n) is 11.0. The van der Waals surface area contributed by atoms with Gasteiger partial charge >= 0.3 is 0 Å². The van der Waals surface area contributed by atoms with Crippen LogP contribution in [0.4, 0.5) is 0 Å². The fraction of sp³-hybridized carbons (Fsp3) is 0.385. The highest BCUT2D eigenvalue weighted by Crippen LogP contribution is 2.20. The normalized spacial score (nSPS) is 17.4. The van der Waals surface area contributed by atoms with Crippen molar-refractivity contribution in [2.75, 3.05) is 20.1 Å². The van der Waals surface area contributed by atoms with Crippen molar-refractivity contribution in [3.63, 3.8) is 0 Å². The summed E-state index contributed by atoms with van der Waals surface area (Å²) in [4.78, 5) is 18.5. The Balaban J connectivity index is 0.000001000. The minimum Gasteiger partial charge on any atom is -0.337 e. The van der Waals surface area contributed by atoms with Crippen LogP contribution in [-0.4, -0.2) is 42.0 Å². The minimum atomic E-state index is 0. The predicted octanol–water partition coefficient (Wildman–Crippen LogP) is 2.57. The van der Waals surface area contributed by atoms with Crippen LogP contribution >= 0.6 is 36.2 Å². The quantitative estimate of drug-likeness (QED) is 0.918. The van der Waals surface area contributed by atoms with Crippen molar-refractivity contribution in [3.8, 4) is 0 Å². The summed E-state index contributed by atoms with van der Waals surface area (Å²) in [7, 11) is 1.89. The molecule has 0 bridgehead atoms. The largest absolute Gasteiger partial charge is 0.337 e. The highest BCUT2D eigenvalue weighted by atomic mass is 35.5. The topological polar surface area (TPSA) is 45.2 Å². The van der Waals surface area contributed by atoms with Gasteiger partial charge in [-0.25, -0.2) is 4.98 Å². The Kier molecular flexibility index (Phi) is 6.20. The molecule has 4 nitrogen and oxygen atoms in total. The zero-order valence-corrected chi connectivity index (χ0v) is 13.5. The molecule has 1 atom stereocenters. The summed E-state index contributed by atoms with van der Waals surface area (Å²) in [6.45, 7) is 1.89. The molecule has 7 heteroatoms. The number of carbonyl (C=O) groups is 1. The van der Waals surface area contributed by atoms with Crippen molar-refractivity contribution in [2.24, 2.45) is 0 Å². The Morgan fingerprint density at radius 1 is 1.45 bits per heavy atom. The molecule has 0 spiro atoms. The molecule has 1 aromatic carbocycles. The van der Waals surface area contributed by atoms with Crippen molar-refractivity contribution in [1.82, 2.24) is 15.2 Å². The third-order valence-corrected chi connectivity index (χ3v) is 4.27. The number of carbonyl (C=O) groups excluding carboxylic acids is 1. The van der Waals surface area contributed by atoms with Crippen LogP contribution in [0.25, 0.3) is 10.2 Å². The molecule has 1 aliphatic heterocycles. The van der Waals surface area contributed by atoms with E-state index < -0.39 is 0 Å². The van der Waals surface area contributed by atoms with E-state index in [1.165, 1.54) is 0 Å². The van der Waals surface area contributed by atoms with E-state index in [1.807, 2.05) is 35.7 Å². The van der Waals surface area contributed by atoms with Gasteiger partial charge in [0.05, 0.1) is 15.7 Å². The fourth-order valence-electron chi connectivity index (χ4n) is 2.33. The molecular formula is C13H17Cl2N3OS. The Hall–Kier alpha value is -0.880. The number of fused-ring (bicyclic) bond motifs is 1. The predicted molar refractivity (Wildman–Crippen MR) is 87.5 cm³/mol. The van der Waals surface area contributed by atoms with E-state index in [9.17, 15) is 4.79 Å². The summed E-state index contributed by atoms with van der Waals surface area (Å²) in [5, 5.41) is 3.28. The highest BCUT2D eigenvalue weighted by molar-refractivity contribution is 7.16. The first-order valence-electron chi connectivity index (χ1n) is 6.07. The van der Waals surface area contributed by atoms with Crippen LogP contribution in [0.1, 0.15) is 16.8 Å². The maximum absolute atomic E-state index is 12.4. The van der Waals surface area contributed by atoms with Crippen LogP contribution in [-0.2, 0) is 0 Å². The van der Waals surface area contributed by atoms with Gasteiger partial charge in [-0.2, -0.15) is 0 Å². The van der Waals surface area contributed by atoms with Crippen LogP contribution in [0.5, 0.6) is 0 Å². The van der Waals surface area contributed by atoms with Gasteiger partial charge in [-0.15, -0.1) is 36.2 Å². The van der Waals surface area contributed by atoms with Gasteiger partial charge in [-0.05, 0) is 31.2 Å². The van der Waals surface area contributed by atoms with Crippen LogP contribution in [0.2, 0.25) is 0 Å². The molecule has 2 aromatic rings. The van der Waals surface area contributed by atoms with Gasteiger partial charge < -0.3 is 10.2 Å². The van der Waals surface area contributed by atoms with Crippen LogP contribution in [0, 0.1) is 0 Å². The third kappa shape index (κ3) is 3.23. The Bertz CT molecular complexity index is 584. The molecule has 0 radical (unpaired) electrons. The average Bonchev–Trinajstić information content (AvgIpc) is 3.06. The van der Waals surface area contributed by atoms with Crippen molar-refractivity contribution in [1.29, 1.82) is 0 Å². The lowest BCUT2D eigenvalue weighted by Gasteiger charge is -2.23. The van der Waals surface area contributed by atoms with E-state index in [0.29, 0.717) is 6.04 Å². The number of nitrogens with one attached hydrogen (secondary N) is 1. The number of benzene rings is 1. The summed E-state index contributed by atoms with van der Waals surface area (Å²) >= 11 is 1.57. The number of thiazole rings is 1. The first-order chi connectivity index (χ1) is 8.75. The molecule has 1 fully saturated rings. The van der Waals surface area contributed by atoms with Crippen LogP contribution < -0.4 is 5.32 Å². The lowest BCUT2D eigenvalue weighted by molar-refractivity contribution is 0.0744. The van der Waals surface area contributed by atoms with Gasteiger partial charge in [0.1, 0.15) is 0 Å². The SMILES string of the molecule is CN(C(=O)c1ccc2ncsc2c1)C1CCNC1.Cl.Cl. The average molecular weight is 334 g/mol. The van der Waals surface area contributed by atoms with E-state index >= 15 is 0 Å². The summed E-state index contributed by atoms with van der Waals surface area (Å²) < 4.78 is 1.07. The van der Waals surface area contributed by atoms with Gasteiger partial charge in [0.2, 0.25) is 0 Å². The number of amides is 1. The maximum atomic E-state index is 12.4. The first-order valence-corrected chi connectivity index (χ1v) is 6.95. The van der Waals surface area contributed by atoms with Crippen molar-refractivity contribution in [3.05, 3.63) is 29.3 Å². The molecule has 1 unspecified atom stereocenters. The standard InChI is InChI=1S/C13H15N3OS.2ClH/c1-16(10-4-5-14-7-10)13(17)9-2-3-11-12(6-9)18-8-15-11;;/h2-3,6,8,10,14H,4-5,7H2,1H3;2*1H. The second kappa shape index (κ2) is 7.22. The van der Waals surface area contributed by atoms with E-state index in [1.54, 1.807) is 11.3 Å². The van der Waals surface area contributed by atoms with E-state index in [0.717, 1.165) is 35.3 Å². The highest BCUT2D eigenvalue weighted by Gasteiger charge is 2.24. The summed E-state index contributed by atoms with van der Waals surface area (Å²) in [5.74, 6) is 0.0963. The molecule has 2 heterocycles. The van der Waals surface area contributed by atoms with Crippen LogP contribution in [0.3, 0.4) is 0 Å². The number of rotatable bonds is 2. The number of hydrogen-bond acceptors (Lipinski definition) is 4. The molecule has 0 saturated carbocycles. The Labute approximate surface area is 134 Å². The molecule has 0 aliphatic carbocycles. The Morgan fingerprint density at radius 2 is 2.25 bits per heavy atom. The van der Waals surface area contributed by atoms with Gasteiger partial charge in [-0.3, -0.25) is 4.79 Å². The summed E-state index contributed by atoms with van der Waals surface area (Å²) in [6.07, 6.45) is 1.03. The van der Waals surface area contributed by atoms with Gasteiger partial charge in [0.15, 0.2) is 0 Å². The van der Waals surface area contributed by atoms with Crippen molar-refractivity contribution in [2.45, 2.75) is 12.5 Å². The summed E-state index contributed by atoms with van der Waals surface area (Å²) in [6, 6.07) is 6.03. The molecular weight excluding hydrogens is 317 g/mol. The van der Waals surface area contributed by atoms with Gasteiger partial charge in [0, 0.05) is 25.2 Å². The monoisotopic (exact) mass is 333 g/mol. The van der Waals surface area contributed by atoms with E-state index in [-0.39, 0.29) is 30.7 Å². The fourth-order valence-corrected chi connectivity index (χ4v) is 3.04. The number of aromatic nitrogens is 1. The Morgan fingerprint density at radius 3 is 2.95 bits per heavy atom. The van der Waals surface area contributed by atoms with Gasteiger partial charge in [0.25, 0.3) is 5.91 Å². The number of halogens is 2. The molecule has 1 aromatic heterocycles. The molecule has 110 valence electrons. The second-order valence-electron chi connectivity index (χ2n) is 4.60. The molecule has 1 saturated heterocycles. The minimum absolute atomic E-state index is 0. The number of likely N-dealkylation sites (N-methyl/N-ethyl adjacent to an activating group) is 1. The number of hydrogen-bond donors (Lipinski definition) is 1. The molecule has 3 rings (SSSR count). The summed E-state index contributed by atoms with van der Waals surface area (Å²) in [5.41, 5.74) is 3.52. The van der Waals surface area contributed by atoms with Crippen molar-refractivity contribution >= 4 is 52.3 Å². The number of nitrogens with zero attached hydrogens (tertiary/aromatic N) is 2. The third-order valence-electron chi connectivity index (χ3n) is 3.48. The van der Waals surface area contributed by atoms with Crippen molar-refractivity contribution < 1.29 is 4.79 Å².